The predicted octanol–water partition coefficient (Wildman–Crippen LogP) is 2.28. The van der Waals surface area contributed by atoms with Crippen molar-refractivity contribution < 1.29 is 9.47 Å². The number of rotatable bonds is 4. The second-order valence-corrected chi connectivity index (χ2v) is 3.45. The van der Waals surface area contributed by atoms with Crippen LogP contribution in [0.1, 0.15) is 18.1 Å². The maximum absolute atomic E-state index is 8.75. The lowest BCUT2D eigenvalue weighted by Gasteiger charge is -2.13. The van der Waals surface area contributed by atoms with E-state index in [4.69, 9.17) is 14.7 Å². The van der Waals surface area contributed by atoms with Crippen molar-refractivity contribution in [2.24, 2.45) is 0 Å². The minimum Gasteiger partial charge on any atom is -0.491 e. The van der Waals surface area contributed by atoms with E-state index in [0.717, 1.165) is 11.3 Å². The number of hydrogen-bond acceptors (Lipinski definition) is 3. The molecule has 1 rings (SSSR count). The summed E-state index contributed by atoms with van der Waals surface area (Å²) in [4.78, 5) is 0. The molecular weight excluding hydrogens is 190 g/mol. The molecule has 0 radical (unpaired) electrons. The molecular formula is C12H15NO2. The van der Waals surface area contributed by atoms with Crippen LogP contribution in [0.4, 0.5) is 0 Å². The molecule has 1 unspecified atom stereocenters. The van der Waals surface area contributed by atoms with E-state index in [0.29, 0.717) is 12.2 Å². The van der Waals surface area contributed by atoms with E-state index in [1.165, 1.54) is 0 Å². The molecule has 0 heterocycles. The molecule has 0 saturated carbocycles. The van der Waals surface area contributed by atoms with Gasteiger partial charge in [-0.25, -0.2) is 0 Å². The fraction of sp³-hybridized carbons (Fsp3) is 0.417. The van der Waals surface area contributed by atoms with Gasteiger partial charge in [0.15, 0.2) is 0 Å². The Morgan fingerprint density at radius 2 is 2.20 bits per heavy atom. The minimum atomic E-state index is 0.0511. The van der Waals surface area contributed by atoms with Crippen molar-refractivity contribution in [1.29, 1.82) is 5.26 Å². The summed E-state index contributed by atoms with van der Waals surface area (Å²) in [6, 6.07) is 7.49. The number of aryl methyl sites for hydroxylation is 1. The summed E-state index contributed by atoms with van der Waals surface area (Å²) in [6.07, 6.45) is 0.0511. The summed E-state index contributed by atoms with van der Waals surface area (Å²) in [5.41, 5.74) is 1.64. The zero-order chi connectivity index (χ0) is 11.3. The van der Waals surface area contributed by atoms with E-state index >= 15 is 0 Å². The summed E-state index contributed by atoms with van der Waals surface area (Å²) in [6.45, 7) is 4.38. The van der Waals surface area contributed by atoms with Crippen LogP contribution in [0.2, 0.25) is 0 Å². The lowest BCUT2D eigenvalue weighted by Crippen LogP contribution is -2.16. The number of nitriles is 1. The van der Waals surface area contributed by atoms with Crippen molar-refractivity contribution >= 4 is 0 Å². The van der Waals surface area contributed by atoms with Gasteiger partial charge in [-0.3, -0.25) is 0 Å². The van der Waals surface area contributed by atoms with Gasteiger partial charge in [0, 0.05) is 7.11 Å². The first-order valence-corrected chi connectivity index (χ1v) is 4.83. The topological polar surface area (TPSA) is 42.2 Å². The Hall–Kier alpha value is -1.53. The Morgan fingerprint density at radius 1 is 1.47 bits per heavy atom. The third kappa shape index (κ3) is 3.26. The second-order valence-electron chi connectivity index (χ2n) is 3.45. The Bertz CT molecular complexity index is 368. The van der Waals surface area contributed by atoms with E-state index in [-0.39, 0.29) is 6.10 Å². The first kappa shape index (κ1) is 11.5. The Kier molecular flexibility index (Phi) is 4.14. The van der Waals surface area contributed by atoms with Gasteiger partial charge in [0.05, 0.1) is 17.7 Å². The molecule has 0 aliphatic rings. The highest BCUT2D eigenvalue weighted by atomic mass is 16.5. The highest BCUT2D eigenvalue weighted by Gasteiger charge is 2.04. The molecule has 1 atom stereocenters. The third-order valence-corrected chi connectivity index (χ3v) is 2.19. The quantitative estimate of drug-likeness (QED) is 0.757. The third-order valence-electron chi connectivity index (χ3n) is 2.19. The molecule has 1 aromatic rings. The van der Waals surface area contributed by atoms with Crippen molar-refractivity contribution in [2.75, 3.05) is 13.7 Å². The SMILES string of the molecule is COC(C)COc1cc(C#N)ccc1C. The van der Waals surface area contributed by atoms with Gasteiger partial charge < -0.3 is 9.47 Å². The van der Waals surface area contributed by atoms with Gasteiger partial charge in [0.1, 0.15) is 12.4 Å². The van der Waals surface area contributed by atoms with Gasteiger partial charge in [-0.05, 0) is 31.5 Å². The number of hydrogen-bond donors (Lipinski definition) is 0. The van der Waals surface area contributed by atoms with Crippen molar-refractivity contribution in [3.8, 4) is 11.8 Å². The summed E-state index contributed by atoms with van der Waals surface area (Å²) < 4.78 is 10.6. The van der Waals surface area contributed by atoms with Crippen molar-refractivity contribution in [3.05, 3.63) is 29.3 Å². The normalized spacial score (nSPS) is 11.9. The number of nitrogens with zero attached hydrogens (tertiary/aromatic N) is 1. The van der Waals surface area contributed by atoms with E-state index in [1.807, 2.05) is 19.9 Å². The largest absolute Gasteiger partial charge is 0.491 e. The number of methoxy groups -OCH3 is 1. The van der Waals surface area contributed by atoms with Crippen molar-refractivity contribution in [2.45, 2.75) is 20.0 Å². The van der Waals surface area contributed by atoms with Crippen molar-refractivity contribution in [3.63, 3.8) is 0 Å². The van der Waals surface area contributed by atoms with Gasteiger partial charge in [0.25, 0.3) is 0 Å². The molecule has 0 saturated heterocycles. The van der Waals surface area contributed by atoms with Crippen LogP contribution in [0.25, 0.3) is 0 Å². The van der Waals surface area contributed by atoms with E-state index in [2.05, 4.69) is 6.07 Å². The van der Waals surface area contributed by atoms with Crippen LogP contribution >= 0.6 is 0 Å². The molecule has 0 N–H and O–H groups in total. The molecule has 0 aliphatic carbocycles. The van der Waals surface area contributed by atoms with Crippen LogP contribution in [0.5, 0.6) is 5.75 Å². The van der Waals surface area contributed by atoms with E-state index in [9.17, 15) is 0 Å². The van der Waals surface area contributed by atoms with Gasteiger partial charge in [-0.2, -0.15) is 5.26 Å². The highest BCUT2D eigenvalue weighted by Crippen LogP contribution is 2.19. The molecule has 0 spiro atoms. The fourth-order valence-electron chi connectivity index (χ4n) is 1.10. The zero-order valence-electron chi connectivity index (χ0n) is 9.28. The second kappa shape index (κ2) is 5.38. The van der Waals surface area contributed by atoms with Crippen LogP contribution in [0.3, 0.4) is 0 Å². The summed E-state index contributed by atoms with van der Waals surface area (Å²) >= 11 is 0. The van der Waals surface area contributed by atoms with Crippen LogP contribution in [0.15, 0.2) is 18.2 Å². The highest BCUT2D eigenvalue weighted by molar-refractivity contribution is 5.41. The Balaban J connectivity index is 2.72. The maximum Gasteiger partial charge on any atom is 0.123 e. The molecule has 3 nitrogen and oxygen atoms in total. The number of benzene rings is 1. The lowest BCUT2D eigenvalue weighted by molar-refractivity contribution is 0.0714. The first-order chi connectivity index (χ1) is 7.17. The molecule has 0 bridgehead atoms. The van der Waals surface area contributed by atoms with Crippen molar-refractivity contribution in [1.82, 2.24) is 0 Å². The maximum atomic E-state index is 8.75. The predicted molar refractivity (Wildman–Crippen MR) is 57.9 cm³/mol. The van der Waals surface area contributed by atoms with Crippen LogP contribution in [-0.4, -0.2) is 19.8 Å². The van der Waals surface area contributed by atoms with Crippen LogP contribution in [0, 0.1) is 18.3 Å². The average Bonchev–Trinajstić information content (AvgIpc) is 2.27. The molecule has 0 fully saturated rings. The first-order valence-electron chi connectivity index (χ1n) is 4.83. The van der Waals surface area contributed by atoms with Crippen LogP contribution in [-0.2, 0) is 4.74 Å². The van der Waals surface area contributed by atoms with E-state index < -0.39 is 0 Å². The van der Waals surface area contributed by atoms with E-state index in [1.54, 1.807) is 19.2 Å². The van der Waals surface area contributed by atoms with Gasteiger partial charge in [-0.1, -0.05) is 6.07 Å². The fourth-order valence-corrected chi connectivity index (χ4v) is 1.10. The minimum absolute atomic E-state index is 0.0511. The standard InChI is InChI=1S/C12H15NO2/c1-9-4-5-11(7-13)6-12(9)15-8-10(2)14-3/h4-6,10H,8H2,1-3H3. The molecule has 0 amide bonds. The molecule has 3 heteroatoms. The Labute approximate surface area is 90.2 Å². The van der Waals surface area contributed by atoms with Gasteiger partial charge in [0.2, 0.25) is 0 Å². The van der Waals surface area contributed by atoms with Gasteiger partial charge in [-0.15, -0.1) is 0 Å². The summed E-state index contributed by atoms with van der Waals surface area (Å²) in [5, 5.41) is 8.75. The van der Waals surface area contributed by atoms with Crippen LogP contribution < -0.4 is 4.74 Å². The number of ether oxygens (including phenoxy) is 2. The average molecular weight is 205 g/mol. The zero-order valence-corrected chi connectivity index (χ0v) is 9.28. The summed E-state index contributed by atoms with van der Waals surface area (Å²) in [7, 11) is 1.65. The molecule has 15 heavy (non-hydrogen) atoms. The lowest BCUT2D eigenvalue weighted by atomic mass is 10.1. The molecule has 1 aromatic carbocycles. The molecule has 0 aromatic heterocycles. The molecule has 80 valence electrons. The monoisotopic (exact) mass is 205 g/mol. The van der Waals surface area contributed by atoms with Gasteiger partial charge >= 0.3 is 0 Å². The molecule has 0 aliphatic heterocycles. The smallest absolute Gasteiger partial charge is 0.123 e. The Morgan fingerprint density at radius 3 is 2.80 bits per heavy atom. The summed E-state index contributed by atoms with van der Waals surface area (Å²) in [5.74, 6) is 0.748.